The van der Waals surface area contributed by atoms with Crippen molar-refractivity contribution in [3.05, 3.63) is 48.8 Å². The van der Waals surface area contributed by atoms with E-state index in [0.29, 0.717) is 11.4 Å². The summed E-state index contributed by atoms with van der Waals surface area (Å²) in [5, 5.41) is 11.4. The number of benzene rings is 1. The number of hydrogen-bond acceptors (Lipinski definition) is 7. The molecule has 0 saturated carbocycles. The summed E-state index contributed by atoms with van der Waals surface area (Å²) in [4.78, 5) is 30.0. The predicted molar refractivity (Wildman–Crippen MR) is 113 cm³/mol. The van der Waals surface area contributed by atoms with Crippen molar-refractivity contribution >= 4 is 27.5 Å². The van der Waals surface area contributed by atoms with E-state index in [1.54, 1.807) is 12.1 Å². The fraction of sp³-hybridized carbons (Fsp3) is 0.350. The molecule has 0 fully saturated rings. The summed E-state index contributed by atoms with van der Waals surface area (Å²) in [6.45, 7) is 2.14. The number of nitrogens with zero attached hydrogens (tertiary/aromatic N) is 3. The maximum Gasteiger partial charge on any atom is 0.358 e. The van der Waals surface area contributed by atoms with Crippen molar-refractivity contribution in [1.82, 2.24) is 4.98 Å². The maximum absolute atomic E-state index is 13.5. The molecule has 1 unspecified atom stereocenters. The highest BCUT2D eigenvalue weighted by molar-refractivity contribution is 7.85. The van der Waals surface area contributed by atoms with Crippen LogP contribution < -0.4 is 15.4 Å². The molecule has 0 spiro atoms. The number of quaternary nitrogens is 1. The normalized spacial score (nSPS) is 14.5. The first-order valence-electron chi connectivity index (χ1n) is 9.41. The Bertz CT molecular complexity index is 1030. The number of primary amides is 1. The van der Waals surface area contributed by atoms with Crippen LogP contribution in [-0.2, 0) is 19.6 Å². The zero-order valence-electron chi connectivity index (χ0n) is 17.8. The lowest BCUT2D eigenvalue weighted by molar-refractivity contribution is -1.01. The first kappa shape index (κ1) is 24.3. The Morgan fingerprint density at radius 3 is 2.29 bits per heavy atom. The van der Waals surface area contributed by atoms with Gasteiger partial charge in [0.25, 0.3) is 11.8 Å². The molecule has 0 bridgehead atoms. The summed E-state index contributed by atoms with van der Waals surface area (Å²) in [6.07, 6.45) is 2.93. The molecule has 0 aliphatic carbocycles. The lowest BCUT2D eigenvalue weighted by Crippen LogP contribution is -2.65. The average Bonchev–Trinajstić information content (AvgIpc) is 2.73. The number of rotatable bonds is 9. The molecule has 1 aromatic heterocycles. The van der Waals surface area contributed by atoms with Crippen LogP contribution in [0.4, 0.5) is 5.69 Å². The van der Waals surface area contributed by atoms with Crippen LogP contribution in [0.5, 0.6) is 5.75 Å². The highest BCUT2D eigenvalue weighted by atomic mass is 32.2. The molecule has 10 nitrogen and oxygen atoms in total. The summed E-state index contributed by atoms with van der Waals surface area (Å²) < 4.78 is 30.1. The predicted octanol–water partition coefficient (Wildman–Crippen LogP) is 1.16. The van der Waals surface area contributed by atoms with Gasteiger partial charge in [0, 0.05) is 19.2 Å². The number of methoxy groups -OCH3 is 1. The van der Waals surface area contributed by atoms with Gasteiger partial charge in [0.1, 0.15) is 10.6 Å². The largest absolute Gasteiger partial charge is 0.497 e. The number of nitrogens with two attached hydrogens (primary N) is 1. The molecule has 0 radical (unpaired) electrons. The molecule has 1 heterocycles. The third-order valence-electron chi connectivity index (χ3n) is 4.90. The number of ether oxygens (including phenoxy) is 1. The number of carbonyl (C=O) groups is 2. The van der Waals surface area contributed by atoms with Gasteiger partial charge < -0.3 is 15.4 Å². The number of hydroxylamine groups is 2. The van der Waals surface area contributed by atoms with Gasteiger partial charge in [-0.15, -0.1) is 0 Å². The molecule has 2 aromatic rings. The van der Waals surface area contributed by atoms with Crippen molar-refractivity contribution in [3.8, 4) is 5.75 Å². The van der Waals surface area contributed by atoms with Crippen LogP contribution in [0.15, 0.2) is 53.7 Å². The Balaban J connectivity index is 2.57. The van der Waals surface area contributed by atoms with Crippen molar-refractivity contribution in [2.45, 2.75) is 24.8 Å². The van der Waals surface area contributed by atoms with Gasteiger partial charge in [0.2, 0.25) is 12.6 Å². The van der Waals surface area contributed by atoms with Crippen molar-refractivity contribution in [2.24, 2.45) is 11.7 Å². The van der Waals surface area contributed by atoms with Crippen molar-refractivity contribution in [1.29, 1.82) is 0 Å². The summed E-state index contributed by atoms with van der Waals surface area (Å²) in [5.41, 5.74) is 5.86. The van der Waals surface area contributed by atoms with Crippen LogP contribution in [0.25, 0.3) is 0 Å². The third kappa shape index (κ3) is 4.84. The molecular weight excluding hydrogens is 424 g/mol. The van der Waals surface area contributed by atoms with E-state index in [-0.39, 0.29) is 4.90 Å². The van der Waals surface area contributed by atoms with Gasteiger partial charge in [-0.1, -0.05) is 17.9 Å². The van der Waals surface area contributed by atoms with Gasteiger partial charge in [-0.25, -0.2) is 0 Å². The molecule has 31 heavy (non-hydrogen) atoms. The quantitative estimate of drug-likeness (QED) is 0.431. The highest BCUT2D eigenvalue weighted by Gasteiger charge is 2.55. The smallest absolute Gasteiger partial charge is 0.358 e. The average molecular weight is 452 g/mol. The van der Waals surface area contributed by atoms with Gasteiger partial charge in [-0.2, -0.15) is 13.6 Å². The Morgan fingerprint density at radius 1 is 1.23 bits per heavy atom. The lowest BCUT2D eigenvalue weighted by atomic mass is 10.0. The molecule has 0 saturated heterocycles. The van der Waals surface area contributed by atoms with E-state index in [9.17, 15) is 23.2 Å². The van der Waals surface area contributed by atoms with E-state index in [2.05, 4.69) is 4.98 Å². The van der Waals surface area contributed by atoms with Crippen molar-refractivity contribution in [2.75, 3.05) is 25.6 Å². The Hall–Kier alpha value is -3.02. The second-order valence-electron chi connectivity index (χ2n) is 7.32. The number of likely N-dealkylation sites (N-methyl/N-ethyl adjacent to an activating group) is 1. The number of pyridine rings is 1. The van der Waals surface area contributed by atoms with Gasteiger partial charge >= 0.3 is 10.0 Å². The van der Waals surface area contributed by atoms with Gasteiger partial charge in [0.05, 0.1) is 19.0 Å². The van der Waals surface area contributed by atoms with E-state index < -0.39 is 44.4 Å². The van der Waals surface area contributed by atoms with E-state index in [4.69, 9.17) is 10.5 Å². The van der Waals surface area contributed by atoms with Gasteiger partial charge in [0.15, 0.2) is 0 Å². The fourth-order valence-corrected chi connectivity index (χ4v) is 5.02. The van der Waals surface area contributed by atoms with Crippen molar-refractivity contribution in [3.63, 3.8) is 0 Å². The summed E-state index contributed by atoms with van der Waals surface area (Å²) >= 11 is 0. The van der Waals surface area contributed by atoms with E-state index in [0.717, 1.165) is 4.90 Å². The molecule has 0 aliphatic heterocycles. The molecule has 11 heteroatoms. The fourth-order valence-electron chi connectivity index (χ4n) is 3.25. The standard InChI is InChI=1S/C20H26N4O6S/c1-14(2)19(20(21)26)24(27,13-18(25)23(3)15-6-5-11-22-12-15)31(28,29)17-9-7-16(30-4)8-10-17/h5-12,14,19,27H,13H2,1-4H3,(H-,21,26)/p+1/t19-,24?/m1/s1. The minimum Gasteiger partial charge on any atom is -0.497 e. The van der Waals surface area contributed by atoms with Crippen LogP contribution in [0, 0.1) is 5.92 Å². The molecule has 3 N–H and O–H groups in total. The minimum absolute atomic E-state index is 0.292. The highest BCUT2D eigenvalue weighted by Crippen LogP contribution is 2.30. The molecule has 2 amide bonds. The minimum atomic E-state index is -4.65. The number of aromatic nitrogens is 1. The summed E-state index contributed by atoms with van der Waals surface area (Å²) in [7, 11) is -1.82. The van der Waals surface area contributed by atoms with E-state index in [1.165, 1.54) is 64.7 Å². The van der Waals surface area contributed by atoms with E-state index in [1.807, 2.05) is 0 Å². The number of hydrogen-bond donors (Lipinski definition) is 2. The molecule has 2 rings (SSSR count). The van der Waals surface area contributed by atoms with Crippen molar-refractivity contribution < 1.29 is 32.0 Å². The second kappa shape index (κ2) is 9.41. The molecule has 1 aromatic carbocycles. The third-order valence-corrected chi connectivity index (χ3v) is 6.96. The molecule has 0 aliphatic rings. The number of amides is 2. The Labute approximate surface area is 181 Å². The SMILES string of the molecule is COc1ccc(S(=O)(=O)[N+](O)(CC(=O)N(C)c2cccnc2)[C@@H](C(N)=O)C(C)C)cc1. The maximum atomic E-state index is 13.5. The van der Waals surface area contributed by atoms with Crippen LogP contribution in [0.3, 0.4) is 0 Å². The van der Waals surface area contributed by atoms with Crippen LogP contribution in [0.1, 0.15) is 13.8 Å². The molecular formula is C20H27N4O6S+. The summed E-state index contributed by atoms with van der Waals surface area (Å²) in [6, 6.07) is 6.86. The first-order chi connectivity index (χ1) is 14.5. The second-order valence-corrected chi connectivity index (χ2v) is 9.37. The lowest BCUT2D eigenvalue weighted by Gasteiger charge is -2.36. The Kier molecular flexibility index (Phi) is 7.37. The zero-order chi connectivity index (χ0) is 23.4. The topological polar surface area (TPSA) is 140 Å². The van der Waals surface area contributed by atoms with Crippen LogP contribution in [-0.4, -0.2) is 61.2 Å². The van der Waals surface area contributed by atoms with Crippen LogP contribution >= 0.6 is 0 Å². The van der Waals surface area contributed by atoms with E-state index >= 15 is 0 Å². The number of sulfonamides is 1. The van der Waals surface area contributed by atoms with Gasteiger partial charge in [-0.3, -0.25) is 14.6 Å². The Morgan fingerprint density at radius 2 is 1.84 bits per heavy atom. The van der Waals surface area contributed by atoms with Crippen LogP contribution in [0.2, 0.25) is 0 Å². The molecule has 168 valence electrons. The zero-order valence-corrected chi connectivity index (χ0v) is 18.6. The number of carbonyl (C=O) groups excluding carboxylic acids is 2. The van der Waals surface area contributed by atoms with Gasteiger partial charge in [-0.05, 0) is 36.4 Å². The monoisotopic (exact) mass is 451 g/mol. The molecule has 2 atom stereocenters. The number of anilines is 1. The summed E-state index contributed by atoms with van der Waals surface area (Å²) in [5.74, 6) is -2.09. The first-order valence-corrected chi connectivity index (χ1v) is 10.9.